The fraction of sp³-hybridized carbons (Fsp3) is 0.250. The summed E-state index contributed by atoms with van der Waals surface area (Å²) in [6.07, 6.45) is 0.868. The number of hydrogen-bond acceptors (Lipinski definition) is 2. The summed E-state index contributed by atoms with van der Waals surface area (Å²) in [6, 6.07) is 3.09. The number of rotatable bonds is 3. The Morgan fingerprint density at radius 3 is 3.00 bits per heavy atom. The van der Waals surface area contributed by atoms with E-state index in [2.05, 4.69) is 4.98 Å². The van der Waals surface area contributed by atoms with Crippen molar-refractivity contribution in [2.45, 2.75) is 12.6 Å². The molecule has 1 heterocycles. The highest BCUT2D eigenvalue weighted by atomic mass is 19.1. The van der Waals surface area contributed by atoms with Gasteiger partial charge >= 0.3 is 5.97 Å². The lowest BCUT2D eigenvalue weighted by Gasteiger charge is -2.03. The van der Waals surface area contributed by atoms with Crippen LogP contribution in [0, 0.1) is 0 Å². The van der Waals surface area contributed by atoms with Gasteiger partial charge in [-0.2, -0.15) is 0 Å². The molecule has 1 aromatic rings. The third-order valence-corrected chi connectivity index (χ3v) is 1.40. The molecule has 1 aromatic heterocycles. The quantitative estimate of drug-likeness (QED) is 0.747. The van der Waals surface area contributed by atoms with Crippen molar-refractivity contribution in [2.24, 2.45) is 0 Å². The first-order chi connectivity index (χ1) is 5.70. The highest BCUT2D eigenvalue weighted by Gasteiger charge is 2.13. The van der Waals surface area contributed by atoms with Crippen LogP contribution >= 0.6 is 0 Å². The predicted octanol–water partition coefficient (Wildman–Crippen LogP) is 1.57. The van der Waals surface area contributed by atoms with E-state index in [1.165, 1.54) is 18.5 Å². The molecule has 0 saturated carbocycles. The minimum Gasteiger partial charge on any atom is -0.481 e. The molecule has 4 heteroatoms. The lowest BCUT2D eigenvalue weighted by atomic mass is 10.1. The zero-order valence-corrected chi connectivity index (χ0v) is 6.27. The lowest BCUT2D eigenvalue weighted by Crippen LogP contribution is -2.01. The Labute approximate surface area is 68.9 Å². The average molecular weight is 169 g/mol. The van der Waals surface area contributed by atoms with Crippen LogP contribution in [-0.4, -0.2) is 16.1 Å². The van der Waals surface area contributed by atoms with E-state index in [0.717, 1.165) is 0 Å². The number of alkyl halides is 1. The normalized spacial score (nSPS) is 12.4. The smallest absolute Gasteiger partial charge is 0.306 e. The molecule has 1 N–H and O–H groups in total. The molecule has 1 unspecified atom stereocenters. The predicted molar refractivity (Wildman–Crippen MR) is 40.3 cm³/mol. The number of hydrogen-bond donors (Lipinski definition) is 1. The Morgan fingerprint density at radius 1 is 1.75 bits per heavy atom. The number of halogens is 1. The van der Waals surface area contributed by atoms with Gasteiger partial charge < -0.3 is 5.11 Å². The highest BCUT2D eigenvalue weighted by Crippen LogP contribution is 2.19. The van der Waals surface area contributed by atoms with E-state index in [-0.39, 0.29) is 0 Å². The summed E-state index contributed by atoms with van der Waals surface area (Å²) in [4.78, 5) is 13.8. The summed E-state index contributed by atoms with van der Waals surface area (Å²) in [5, 5.41) is 8.28. The van der Waals surface area contributed by atoms with Gasteiger partial charge in [0.15, 0.2) is 0 Å². The van der Waals surface area contributed by atoms with Crippen LogP contribution in [0.15, 0.2) is 24.5 Å². The van der Waals surface area contributed by atoms with Gasteiger partial charge in [-0.25, -0.2) is 4.39 Å². The molecule has 0 amide bonds. The van der Waals surface area contributed by atoms with E-state index in [1.807, 2.05) is 0 Å². The van der Waals surface area contributed by atoms with Crippen molar-refractivity contribution in [2.75, 3.05) is 0 Å². The van der Waals surface area contributed by atoms with Crippen molar-refractivity contribution >= 4 is 5.97 Å². The minimum atomic E-state index is -1.46. The van der Waals surface area contributed by atoms with Gasteiger partial charge in [-0.1, -0.05) is 6.07 Å². The standard InChI is InChI=1S/C8H8FNO2/c9-7(4-8(11)12)6-2-1-3-10-5-6/h1-3,5,7H,4H2,(H,11,12). The van der Waals surface area contributed by atoms with Gasteiger partial charge in [0.25, 0.3) is 0 Å². The molecule has 1 rings (SSSR count). The molecule has 0 saturated heterocycles. The van der Waals surface area contributed by atoms with Gasteiger partial charge in [-0.05, 0) is 6.07 Å². The molecule has 0 aliphatic carbocycles. The second kappa shape index (κ2) is 3.80. The van der Waals surface area contributed by atoms with Crippen molar-refractivity contribution in [3.05, 3.63) is 30.1 Å². The van der Waals surface area contributed by atoms with Gasteiger partial charge in [0.2, 0.25) is 0 Å². The molecule has 3 nitrogen and oxygen atoms in total. The SMILES string of the molecule is O=C(O)CC(F)c1cccnc1. The van der Waals surface area contributed by atoms with Gasteiger partial charge in [0.05, 0.1) is 6.42 Å². The average Bonchev–Trinajstić information content (AvgIpc) is 2.05. The maximum absolute atomic E-state index is 13.0. The van der Waals surface area contributed by atoms with Crippen LogP contribution in [-0.2, 0) is 4.79 Å². The first kappa shape index (κ1) is 8.64. The van der Waals surface area contributed by atoms with Gasteiger partial charge in [0.1, 0.15) is 6.17 Å². The van der Waals surface area contributed by atoms with Crippen molar-refractivity contribution in [3.8, 4) is 0 Å². The maximum atomic E-state index is 13.0. The molecule has 0 bridgehead atoms. The zero-order chi connectivity index (χ0) is 8.97. The number of aliphatic carboxylic acids is 1. The van der Waals surface area contributed by atoms with Crippen LogP contribution in [0.4, 0.5) is 4.39 Å². The van der Waals surface area contributed by atoms with E-state index in [9.17, 15) is 9.18 Å². The summed E-state index contributed by atoms with van der Waals surface area (Å²) < 4.78 is 13.0. The van der Waals surface area contributed by atoms with E-state index in [1.54, 1.807) is 6.07 Å². The second-order valence-corrected chi connectivity index (χ2v) is 2.35. The van der Waals surface area contributed by atoms with Crippen LogP contribution in [0.2, 0.25) is 0 Å². The number of aromatic nitrogens is 1. The molecule has 64 valence electrons. The van der Waals surface area contributed by atoms with E-state index < -0.39 is 18.6 Å². The van der Waals surface area contributed by atoms with E-state index in [4.69, 9.17) is 5.11 Å². The number of carboxylic acid groups (broad SMARTS) is 1. The zero-order valence-electron chi connectivity index (χ0n) is 6.27. The lowest BCUT2D eigenvalue weighted by molar-refractivity contribution is -0.138. The third-order valence-electron chi connectivity index (χ3n) is 1.40. The third kappa shape index (κ3) is 2.30. The fourth-order valence-electron chi connectivity index (χ4n) is 0.832. The van der Waals surface area contributed by atoms with Crippen molar-refractivity contribution in [1.82, 2.24) is 4.98 Å². The molecule has 0 aliphatic rings. The molecule has 0 aliphatic heterocycles. The Morgan fingerprint density at radius 2 is 2.50 bits per heavy atom. The molecule has 12 heavy (non-hydrogen) atoms. The molecular formula is C8H8FNO2. The van der Waals surface area contributed by atoms with Gasteiger partial charge in [0, 0.05) is 18.0 Å². The van der Waals surface area contributed by atoms with Crippen molar-refractivity contribution < 1.29 is 14.3 Å². The van der Waals surface area contributed by atoms with Crippen LogP contribution in [0.5, 0.6) is 0 Å². The topological polar surface area (TPSA) is 50.2 Å². The van der Waals surface area contributed by atoms with Gasteiger partial charge in [-0.15, -0.1) is 0 Å². The Kier molecular flexibility index (Phi) is 2.74. The molecule has 0 aromatic carbocycles. The number of carbonyl (C=O) groups is 1. The first-order valence-electron chi connectivity index (χ1n) is 3.46. The fourth-order valence-corrected chi connectivity index (χ4v) is 0.832. The first-order valence-corrected chi connectivity index (χ1v) is 3.46. The monoisotopic (exact) mass is 169 g/mol. The van der Waals surface area contributed by atoms with Crippen LogP contribution < -0.4 is 0 Å². The maximum Gasteiger partial charge on any atom is 0.306 e. The number of carboxylic acids is 1. The largest absolute Gasteiger partial charge is 0.481 e. The highest BCUT2D eigenvalue weighted by molar-refractivity contribution is 5.67. The van der Waals surface area contributed by atoms with E-state index >= 15 is 0 Å². The van der Waals surface area contributed by atoms with Crippen LogP contribution in [0.3, 0.4) is 0 Å². The minimum absolute atomic E-state index is 0.305. The van der Waals surface area contributed by atoms with Gasteiger partial charge in [-0.3, -0.25) is 9.78 Å². The van der Waals surface area contributed by atoms with Crippen molar-refractivity contribution in [1.29, 1.82) is 0 Å². The Bertz CT molecular complexity index is 263. The molecule has 0 spiro atoms. The second-order valence-electron chi connectivity index (χ2n) is 2.35. The molecule has 1 atom stereocenters. The Hall–Kier alpha value is -1.45. The summed E-state index contributed by atoms with van der Waals surface area (Å²) in [5.74, 6) is -1.15. The molecule has 0 fully saturated rings. The summed E-state index contributed by atoms with van der Waals surface area (Å²) >= 11 is 0. The number of nitrogens with zero attached hydrogens (tertiary/aromatic N) is 1. The Balaban J connectivity index is 2.65. The summed E-state index contributed by atoms with van der Waals surface area (Å²) in [5.41, 5.74) is 0.305. The summed E-state index contributed by atoms with van der Waals surface area (Å²) in [6.45, 7) is 0. The molecular weight excluding hydrogens is 161 g/mol. The van der Waals surface area contributed by atoms with Crippen LogP contribution in [0.1, 0.15) is 18.2 Å². The summed E-state index contributed by atoms with van der Waals surface area (Å²) in [7, 11) is 0. The van der Waals surface area contributed by atoms with Crippen LogP contribution in [0.25, 0.3) is 0 Å². The molecule has 0 radical (unpaired) electrons. The van der Waals surface area contributed by atoms with E-state index in [0.29, 0.717) is 5.56 Å². The number of pyridine rings is 1. The van der Waals surface area contributed by atoms with Crippen molar-refractivity contribution in [3.63, 3.8) is 0 Å².